The molecule has 10 heteroatoms. The highest BCUT2D eigenvalue weighted by molar-refractivity contribution is 9.10. The predicted molar refractivity (Wildman–Crippen MR) is 105 cm³/mol. The third kappa shape index (κ3) is 4.61. The van der Waals surface area contributed by atoms with Crippen molar-refractivity contribution in [3.05, 3.63) is 22.3 Å². The van der Waals surface area contributed by atoms with E-state index in [2.05, 4.69) is 36.7 Å². The fraction of sp³-hybridized carbons (Fsp3) is 0.444. The Bertz CT molecular complexity index is 864. The van der Waals surface area contributed by atoms with Crippen LogP contribution in [0.15, 0.2) is 16.6 Å². The summed E-state index contributed by atoms with van der Waals surface area (Å²) in [7, 11) is 1.49. The summed E-state index contributed by atoms with van der Waals surface area (Å²) < 4.78 is 11.6. The molecule has 2 amide bonds. The van der Waals surface area contributed by atoms with Crippen LogP contribution in [0, 0.1) is 0 Å². The van der Waals surface area contributed by atoms with Gasteiger partial charge in [-0.2, -0.15) is 15.4 Å². The second-order valence-electron chi connectivity index (χ2n) is 6.56. The third-order valence-electron chi connectivity index (χ3n) is 4.62. The van der Waals surface area contributed by atoms with Crippen LogP contribution in [0.2, 0.25) is 0 Å². The smallest absolute Gasteiger partial charge is 0.271 e. The molecule has 1 heterocycles. The first-order valence-electron chi connectivity index (χ1n) is 9.00. The van der Waals surface area contributed by atoms with Gasteiger partial charge < -0.3 is 20.5 Å². The first-order chi connectivity index (χ1) is 13.5. The number of nitrogens with one attached hydrogen (secondary N) is 2. The van der Waals surface area contributed by atoms with Gasteiger partial charge in [-0.3, -0.25) is 9.59 Å². The monoisotopic (exact) mass is 451 g/mol. The SMILES string of the molecule is COc1cc(-c2n[nH]nc2C(N)=O)c(Br)cc1OCC(=O)NC1CCCCC1. The number of primary amides is 1. The van der Waals surface area contributed by atoms with Gasteiger partial charge in [-0.1, -0.05) is 19.3 Å². The number of benzene rings is 1. The largest absolute Gasteiger partial charge is 0.493 e. The van der Waals surface area contributed by atoms with E-state index in [1.165, 1.54) is 13.5 Å². The van der Waals surface area contributed by atoms with E-state index in [0.717, 1.165) is 25.7 Å². The first kappa shape index (κ1) is 20.1. The molecule has 0 aliphatic heterocycles. The van der Waals surface area contributed by atoms with Crippen LogP contribution in [-0.2, 0) is 4.79 Å². The Morgan fingerprint density at radius 1 is 1.25 bits per heavy atom. The molecule has 4 N–H and O–H groups in total. The van der Waals surface area contributed by atoms with E-state index in [9.17, 15) is 9.59 Å². The van der Waals surface area contributed by atoms with Crippen molar-refractivity contribution in [3.8, 4) is 22.8 Å². The Kier molecular flexibility index (Phi) is 6.50. The molecule has 150 valence electrons. The fourth-order valence-electron chi connectivity index (χ4n) is 3.24. The Morgan fingerprint density at radius 2 is 2.00 bits per heavy atom. The van der Waals surface area contributed by atoms with Crippen molar-refractivity contribution < 1.29 is 19.1 Å². The summed E-state index contributed by atoms with van der Waals surface area (Å²) in [6, 6.07) is 3.52. The van der Waals surface area contributed by atoms with Crippen LogP contribution in [0.5, 0.6) is 11.5 Å². The summed E-state index contributed by atoms with van der Waals surface area (Å²) in [4.78, 5) is 23.7. The summed E-state index contributed by atoms with van der Waals surface area (Å²) >= 11 is 3.43. The van der Waals surface area contributed by atoms with Gasteiger partial charge in [0.1, 0.15) is 5.69 Å². The number of hydrogen-bond donors (Lipinski definition) is 3. The summed E-state index contributed by atoms with van der Waals surface area (Å²) in [5.41, 5.74) is 6.19. The van der Waals surface area contributed by atoms with Crippen molar-refractivity contribution in [2.45, 2.75) is 38.1 Å². The molecular formula is C18H22BrN5O4. The number of halogens is 1. The molecule has 1 saturated carbocycles. The average molecular weight is 452 g/mol. The van der Waals surface area contributed by atoms with Gasteiger partial charge in [-0.15, -0.1) is 0 Å². The van der Waals surface area contributed by atoms with Gasteiger partial charge in [0.15, 0.2) is 23.8 Å². The van der Waals surface area contributed by atoms with Gasteiger partial charge in [0.2, 0.25) is 0 Å². The van der Waals surface area contributed by atoms with E-state index in [0.29, 0.717) is 27.2 Å². The topological polar surface area (TPSA) is 132 Å². The minimum Gasteiger partial charge on any atom is -0.493 e. The maximum atomic E-state index is 12.2. The maximum absolute atomic E-state index is 12.2. The van der Waals surface area contributed by atoms with Gasteiger partial charge in [0, 0.05) is 16.1 Å². The molecule has 1 aromatic heterocycles. The molecule has 0 radical (unpaired) electrons. The number of H-pyrrole nitrogens is 1. The number of methoxy groups -OCH3 is 1. The van der Waals surface area contributed by atoms with E-state index >= 15 is 0 Å². The first-order valence-corrected chi connectivity index (χ1v) is 9.79. The van der Waals surface area contributed by atoms with E-state index in [1.54, 1.807) is 12.1 Å². The Balaban J connectivity index is 1.73. The van der Waals surface area contributed by atoms with Crippen molar-refractivity contribution in [2.75, 3.05) is 13.7 Å². The second-order valence-corrected chi connectivity index (χ2v) is 7.41. The lowest BCUT2D eigenvalue weighted by Gasteiger charge is -2.22. The van der Waals surface area contributed by atoms with E-state index < -0.39 is 5.91 Å². The number of amides is 2. The highest BCUT2D eigenvalue weighted by Gasteiger charge is 2.21. The molecule has 0 atom stereocenters. The Labute approximate surface area is 170 Å². The van der Waals surface area contributed by atoms with Crippen LogP contribution in [-0.4, -0.2) is 47.0 Å². The molecular weight excluding hydrogens is 430 g/mol. The zero-order chi connectivity index (χ0) is 20.1. The molecule has 2 aromatic rings. The maximum Gasteiger partial charge on any atom is 0.271 e. The van der Waals surface area contributed by atoms with Gasteiger partial charge in [0.25, 0.3) is 11.8 Å². The molecule has 0 unspecified atom stereocenters. The van der Waals surface area contributed by atoms with Crippen molar-refractivity contribution in [1.82, 2.24) is 20.7 Å². The molecule has 9 nitrogen and oxygen atoms in total. The van der Waals surface area contributed by atoms with Crippen molar-refractivity contribution in [2.24, 2.45) is 5.73 Å². The number of aromatic amines is 1. The molecule has 0 saturated heterocycles. The molecule has 1 fully saturated rings. The van der Waals surface area contributed by atoms with E-state index in [-0.39, 0.29) is 24.2 Å². The molecule has 0 bridgehead atoms. The average Bonchev–Trinajstić information content (AvgIpc) is 3.17. The van der Waals surface area contributed by atoms with E-state index in [1.807, 2.05) is 0 Å². The molecule has 1 aliphatic carbocycles. The minimum atomic E-state index is -0.700. The number of carbonyl (C=O) groups excluding carboxylic acids is 2. The number of aromatic nitrogens is 3. The van der Waals surface area contributed by atoms with Crippen LogP contribution in [0.1, 0.15) is 42.6 Å². The number of rotatable bonds is 7. The highest BCUT2D eigenvalue weighted by Crippen LogP contribution is 2.38. The normalized spacial score (nSPS) is 14.5. The Hall–Kier alpha value is -2.62. The molecule has 1 aromatic carbocycles. The molecule has 0 spiro atoms. The number of hydrogen-bond acceptors (Lipinski definition) is 6. The second kappa shape index (κ2) is 9.05. The van der Waals surface area contributed by atoms with Crippen molar-refractivity contribution in [1.29, 1.82) is 0 Å². The van der Waals surface area contributed by atoms with Gasteiger partial charge in [-0.05, 0) is 40.9 Å². The van der Waals surface area contributed by atoms with Crippen LogP contribution in [0.3, 0.4) is 0 Å². The lowest BCUT2D eigenvalue weighted by atomic mass is 9.95. The fourth-order valence-corrected chi connectivity index (χ4v) is 3.75. The van der Waals surface area contributed by atoms with Gasteiger partial charge in [-0.25, -0.2) is 0 Å². The number of ether oxygens (including phenoxy) is 2. The molecule has 1 aliphatic rings. The summed E-state index contributed by atoms with van der Waals surface area (Å²) in [5, 5.41) is 13.1. The van der Waals surface area contributed by atoms with Crippen LogP contribution in [0.25, 0.3) is 11.3 Å². The summed E-state index contributed by atoms with van der Waals surface area (Å²) in [6.45, 7) is -0.116. The Morgan fingerprint density at radius 3 is 2.68 bits per heavy atom. The lowest BCUT2D eigenvalue weighted by molar-refractivity contribution is -0.124. The lowest BCUT2D eigenvalue weighted by Crippen LogP contribution is -2.39. The number of carbonyl (C=O) groups is 2. The third-order valence-corrected chi connectivity index (χ3v) is 5.27. The van der Waals surface area contributed by atoms with Crippen LogP contribution < -0.4 is 20.5 Å². The number of nitrogens with zero attached hydrogens (tertiary/aromatic N) is 2. The summed E-state index contributed by atoms with van der Waals surface area (Å²) in [5.74, 6) is -0.0841. The zero-order valence-corrected chi connectivity index (χ0v) is 17.0. The van der Waals surface area contributed by atoms with Crippen molar-refractivity contribution in [3.63, 3.8) is 0 Å². The standard InChI is InChI=1S/C18H22BrN5O4/c1-27-13-7-11(16-17(18(20)26)23-24-22-16)12(19)8-14(13)28-9-15(25)21-10-5-3-2-4-6-10/h7-8,10H,2-6,9H2,1H3,(H2,20,26)(H,21,25)(H,22,23,24). The minimum absolute atomic E-state index is 0.0169. The quantitative estimate of drug-likeness (QED) is 0.590. The van der Waals surface area contributed by atoms with E-state index in [4.69, 9.17) is 15.2 Å². The van der Waals surface area contributed by atoms with Crippen LogP contribution >= 0.6 is 15.9 Å². The molecule has 3 rings (SSSR count). The summed E-state index contributed by atoms with van der Waals surface area (Å²) in [6.07, 6.45) is 5.53. The number of nitrogens with two attached hydrogens (primary N) is 1. The van der Waals surface area contributed by atoms with Crippen molar-refractivity contribution >= 4 is 27.7 Å². The molecule has 28 heavy (non-hydrogen) atoms. The predicted octanol–water partition coefficient (Wildman–Crippen LogP) is 2.17. The van der Waals surface area contributed by atoms with Gasteiger partial charge >= 0.3 is 0 Å². The zero-order valence-electron chi connectivity index (χ0n) is 15.5. The van der Waals surface area contributed by atoms with Gasteiger partial charge in [0.05, 0.1) is 7.11 Å². The van der Waals surface area contributed by atoms with Crippen LogP contribution in [0.4, 0.5) is 0 Å². The highest BCUT2D eigenvalue weighted by atomic mass is 79.9.